The van der Waals surface area contributed by atoms with Gasteiger partial charge in [0.25, 0.3) is 0 Å². The van der Waals surface area contributed by atoms with Crippen LogP contribution in [-0.2, 0) is 0 Å². The molecule has 0 aromatic heterocycles. The molecule has 0 saturated heterocycles. The lowest BCUT2D eigenvalue weighted by Crippen LogP contribution is -2.35. The predicted octanol–water partition coefficient (Wildman–Crippen LogP) is 2.84. The van der Waals surface area contributed by atoms with Crippen molar-refractivity contribution in [2.24, 2.45) is 0 Å². The van der Waals surface area contributed by atoms with Crippen LogP contribution in [0, 0.1) is 0 Å². The number of alkyl halides is 3. The predicted molar refractivity (Wildman–Crippen MR) is 69.6 cm³/mol. The highest BCUT2D eigenvalue weighted by Gasteiger charge is 2.29. The van der Waals surface area contributed by atoms with Crippen molar-refractivity contribution in [3.8, 4) is 5.75 Å². The van der Waals surface area contributed by atoms with Crippen LogP contribution in [0.2, 0.25) is 0 Å². The number of fused-ring (bicyclic) bond motifs is 1. The molecular formula is C12H12F3NO3S. The fourth-order valence-corrected chi connectivity index (χ4v) is 2.52. The van der Waals surface area contributed by atoms with Gasteiger partial charge in [-0.05, 0) is 23.9 Å². The Hall–Kier alpha value is -1.57. The zero-order valence-electron chi connectivity index (χ0n) is 10.3. The van der Waals surface area contributed by atoms with Crippen LogP contribution in [-0.4, -0.2) is 42.0 Å². The fraction of sp³-hybridized carbons (Fsp3) is 0.417. The molecule has 1 heterocycles. The second kappa shape index (κ2) is 5.82. The summed E-state index contributed by atoms with van der Waals surface area (Å²) < 4.78 is 41.7. The maximum atomic E-state index is 12.1. The average Bonchev–Trinajstić information content (AvgIpc) is 2.36. The number of nitrogens with zero attached hydrogens (tertiary/aromatic N) is 1. The van der Waals surface area contributed by atoms with Crippen LogP contribution in [0.25, 0.3) is 0 Å². The summed E-state index contributed by atoms with van der Waals surface area (Å²) in [6.45, 7) is 0.881. The molecule has 0 atom stereocenters. The second-order valence-electron chi connectivity index (χ2n) is 4.09. The minimum Gasteiger partial charge on any atom is -0.489 e. The normalized spacial score (nSPS) is 14.7. The zero-order chi connectivity index (χ0) is 14.8. The average molecular weight is 307 g/mol. The number of thioether (sulfide) groups is 1. The molecule has 2 rings (SSSR count). The first kappa shape index (κ1) is 14.8. The van der Waals surface area contributed by atoms with Crippen LogP contribution in [0.4, 0.5) is 18.9 Å². The van der Waals surface area contributed by atoms with Crippen molar-refractivity contribution in [2.75, 3.05) is 30.3 Å². The molecule has 1 aliphatic heterocycles. The summed E-state index contributed by atoms with van der Waals surface area (Å²) in [4.78, 5) is 12.8. The monoisotopic (exact) mass is 307 g/mol. The first-order valence-electron chi connectivity index (χ1n) is 5.83. The number of ether oxygens (including phenoxy) is 1. The number of rotatable bonds is 4. The van der Waals surface area contributed by atoms with Crippen LogP contribution in [0.3, 0.4) is 0 Å². The van der Waals surface area contributed by atoms with Crippen molar-refractivity contribution in [3.05, 3.63) is 23.8 Å². The minimum absolute atomic E-state index is 0.0238. The molecule has 0 unspecified atom stereocenters. The number of benzene rings is 1. The van der Waals surface area contributed by atoms with Gasteiger partial charge >= 0.3 is 11.5 Å². The molecule has 110 valence electrons. The number of carbonyl (C=O) groups is 1. The summed E-state index contributed by atoms with van der Waals surface area (Å²) in [6.07, 6.45) is 0. The summed E-state index contributed by atoms with van der Waals surface area (Å²) in [5.74, 6) is -1.00. The first-order chi connectivity index (χ1) is 9.38. The summed E-state index contributed by atoms with van der Waals surface area (Å²) in [5.41, 5.74) is -3.70. The van der Waals surface area contributed by atoms with Crippen molar-refractivity contribution >= 4 is 23.4 Å². The number of aromatic carboxylic acids is 1. The number of carboxylic acids is 1. The van der Waals surface area contributed by atoms with Gasteiger partial charge in [0.15, 0.2) is 5.75 Å². The number of hydrogen-bond donors (Lipinski definition) is 1. The highest BCUT2D eigenvalue weighted by atomic mass is 32.2. The number of hydrogen-bond acceptors (Lipinski definition) is 4. The topological polar surface area (TPSA) is 49.8 Å². The lowest BCUT2D eigenvalue weighted by Gasteiger charge is -2.31. The zero-order valence-corrected chi connectivity index (χ0v) is 11.1. The van der Waals surface area contributed by atoms with Gasteiger partial charge in [0.05, 0.1) is 12.2 Å². The van der Waals surface area contributed by atoms with Gasteiger partial charge in [0.2, 0.25) is 0 Å². The molecule has 0 amide bonds. The first-order valence-corrected chi connectivity index (χ1v) is 6.82. The third-order valence-electron chi connectivity index (χ3n) is 2.80. The molecule has 20 heavy (non-hydrogen) atoms. The third-order valence-corrected chi connectivity index (χ3v) is 3.51. The van der Waals surface area contributed by atoms with Gasteiger partial charge in [-0.3, -0.25) is 0 Å². The second-order valence-corrected chi connectivity index (χ2v) is 5.25. The van der Waals surface area contributed by atoms with E-state index in [9.17, 15) is 18.0 Å². The summed E-state index contributed by atoms with van der Waals surface area (Å²) in [6, 6.07) is 4.62. The molecule has 1 aliphatic rings. The van der Waals surface area contributed by atoms with Crippen LogP contribution >= 0.6 is 11.8 Å². The lowest BCUT2D eigenvalue weighted by atomic mass is 10.1. The van der Waals surface area contributed by atoms with Gasteiger partial charge in [-0.25, -0.2) is 4.79 Å². The van der Waals surface area contributed by atoms with E-state index in [1.54, 1.807) is 17.0 Å². The summed E-state index contributed by atoms with van der Waals surface area (Å²) in [7, 11) is 0. The SMILES string of the molecule is O=C(O)c1cccc2c1OCCN2CCSC(F)(F)F. The number of carboxylic acid groups (broad SMARTS) is 1. The Morgan fingerprint density at radius 2 is 2.20 bits per heavy atom. The number of anilines is 1. The van der Waals surface area contributed by atoms with E-state index >= 15 is 0 Å². The van der Waals surface area contributed by atoms with E-state index in [-0.39, 0.29) is 42.0 Å². The van der Waals surface area contributed by atoms with E-state index in [2.05, 4.69) is 0 Å². The van der Waals surface area contributed by atoms with Gasteiger partial charge in [-0.1, -0.05) is 6.07 Å². The lowest BCUT2D eigenvalue weighted by molar-refractivity contribution is -0.0327. The highest BCUT2D eigenvalue weighted by molar-refractivity contribution is 8.00. The summed E-state index contributed by atoms with van der Waals surface area (Å²) in [5, 5.41) is 9.06. The fourth-order valence-electron chi connectivity index (χ4n) is 1.98. The molecule has 0 bridgehead atoms. The van der Waals surface area contributed by atoms with Crippen LogP contribution in [0.1, 0.15) is 10.4 Å². The Morgan fingerprint density at radius 1 is 1.45 bits per heavy atom. The molecule has 1 aromatic rings. The third kappa shape index (κ3) is 3.50. The van der Waals surface area contributed by atoms with E-state index in [1.807, 2.05) is 0 Å². The molecule has 4 nitrogen and oxygen atoms in total. The van der Waals surface area contributed by atoms with Crippen molar-refractivity contribution in [1.29, 1.82) is 0 Å². The molecule has 0 aliphatic carbocycles. The molecule has 0 fully saturated rings. The van der Waals surface area contributed by atoms with E-state index in [4.69, 9.17) is 9.84 Å². The Bertz CT molecular complexity index is 507. The van der Waals surface area contributed by atoms with E-state index < -0.39 is 11.5 Å². The van der Waals surface area contributed by atoms with Gasteiger partial charge in [-0.2, -0.15) is 13.2 Å². The molecule has 8 heteroatoms. The van der Waals surface area contributed by atoms with Crippen LogP contribution in [0.15, 0.2) is 18.2 Å². The Labute approximate surface area is 117 Å². The molecule has 1 aromatic carbocycles. The molecule has 0 radical (unpaired) electrons. The van der Waals surface area contributed by atoms with Crippen molar-refractivity contribution < 1.29 is 27.8 Å². The Kier molecular flexibility index (Phi) is 4.32. The minimum atomic E-state index is -4.25. The molecular weight excluding hydrogens is 295 g/mol. The standard InChI is InChI=1S/C12H12F3NO3S/c13-12(14,15)20-7-5-16-4-6-19-10-8(11(17)18)2-1-3-9(10)16/h1-3H,4-7H2,(H,17,18). The van der Waals surface area contributed by atoms with Gasteiger partial charge in [-0.15, -0.1) is 0 Å². The highest BCUT2D eigenvalue weighted by Crippen LogP contribution is 2.36. The van der Waals surface area contributed by atoms with E-state index in [0.29, 0.717) is 12.2 Å². The Balaban J connectivity index is 2.12. The van der Waals surface area contributed by atoms with Crippen molar-refractivity contribution in [2.45, 2.75) is 5.51 Å². The van der Waals surface area contributed by atoms with Crippen molar-refractivity contribution in [3.63, 3.8) is 0 Å². The number of halogens is 3. The maximum Gasteiger partial charge on any atom is 0.441 e. The van der Waals surface area contributed by atoms with Gasteiger partial charge < -0.3 is 14.7 Å². The molecule has 1 N–H and O–H groups in total. The van der Waals surface area contributed by atoms with Crippen molar-refractivity contribution in [1.82, 2.24) is 0 Å². The molecule has 0 spiro atoms. The molecule has 0 saturated carbocycles. The Morgan fingerprint density at radius 3 is 2.85 bits per heavy atom. The summed E-state index contributed by atoms with van der Waals surface area (Å²) >= 11 is -0.0864. The van der Waals surface area contributed by atoms with Gasteiger partial charge in [0.1, 0.15) is 12.2 Å². The van der Waals surface area contributed by atoms with Crippen LogP contribution in [0.5, 0.6) is 5.75 Å². The maximum absolute atomic E-state index is 12.1. The van der Waals surface area contributed by atoms with Crippen LogP contribution < -0.4 is 9.64 Å². The van der Waals surface area contributed by atoms with E-state index in [1.165, 1.54) is 6.07 Å². The van der Waals surface area contributed by atoms with E-state index in [0.717, 1.165) is 0 Å². The smallest absolute Gasteiger partial charge is 0.441 e. The quantitative estimate of drug-likeness (QED) is 0.927. The number of para-hydroxylation sites is 1. The van der Waals surface area contributed by atoms with Gasteiger partial charge in [0, 0.05) is 12.3 Å². The largest absolute Gasteiger partial charge is 0.489 e.